The maximum absolute atomic E-state index is 13.0. The van der Waals surface area contributed by atoms with E-state index in [1.165, 1.54) is 0 Å². The molecule has 0 spiro atoms. The molecular formula is C12H21ClF2N2O3. The molecule has 2 saturated heterocycles. The second-order valence-corrected chi connectivity index (χ2v) is 5.49. The van der Waals surface area contributed by atoms with Gasteiger partial charge in [0.1, 0.15) is 0 Å². The van der Waals surface area contributed by atoms with Crippen LogP contribution in [0.1, 0.15) is 19.3 Å². The predicted octanol–water partition coefficient (Wildman–Crippen LogP) is 0.311. The minimum Gasteiger partial charge on any atom is -0.396 e. The number of hydrogen-bond acceptors (Lipinski definition) is 4. The number of aliphatic hydroxyl groups is 1. The van der Waals surface area contributed by atoms with Gasteiger partial charge in [0, 0.05) is 31.6 Å². The third-order valence-corrected chi connectivity index (χ3v) is 3.89. The first-order valence-corrected chi connectivity index (χ1v) is 6.54. The first-order chi connectivity index (χ1) is 8.96. The van der Waals surface area contributed by atoms with Crippen molar-refractivity contribution in [1.29, 1.82) is 0 Å². The predicted molar refractivity (Wildman–Crippen MR) is 71.2 cm³/mol. The van der Waals surface area contributed by atoms with Gasteiger partial charge in [-0.1, -0.05) is 0 Å². The minimum atomic E-state index is -2.80. The second-order valence-electron chi connectivity index (χ2n) is 5.49. The average Bonchev–Trinajstić information content (AvgIpc) is 2.94. The van der Waals surface area contributed by atoms with E-state index in [0.29, 0.717) is 26.2 Å². The van der Waals surface area contributed by atoms with Gasteiger partial charge in [-0.2, -0.15) is 0 Å². The molecule has 2 aliphatic rings. The maximum atomic E-state index is 13.0. The number of amides is 1. The van der Waals surface area contributed by atoms with E-state index in [9.17, 15) is 13.6 Å². The number of carbonyl (C=O) groups is 1. The van der Waals surface area contributed by atoms with Crippen LogP contribution in [0.4, 0.5) is 8.78 Å². The fourth-order valence-electron chi connectivity index (χ4n) is 2.61. The summed E-state index contributed by atoms with van der Waals surface area (Å²) in [6, 6.07) is -0.830. The summed E-state index contributed by atoms with van der Waals surface area (Å²) in [5.74, 6) is -3.21. The molecule has 0 aromatic rings. The molecule has 0 saturated carbocycles. The molecule has 0 radical (unpaired) electrons. The molecule has 2 rings (SSSR count). The third kappa shape index (κ3) is 4.25. The Hall–Kier alpha value is -0.500. The summed E-state index contributed by atoms with van der Waals surface area (Å²) in [5.41, 5.74) is -0.258. The molecule has 0 bridgehead atoms. The summed E-state index contributed by atoms with van der Waals surface area (Å²) in [7, 11) is 0. The van der Waals surface area contributed by atoms with Crippen LogP contribution in [-0.2, 0) is 9.53 Å². The van der Waals surface area contributed by atoms with E-state index in [1.54, 1.807) is 0 Å². The Morgan fingerprint density at radius 1 is 1.50 bits per heavy atom. The van der Waals surface area contributed by atoms with Gasteiger partial charge in [-0.05, 0) is 12.8 Å². The molecule has 2 fully saturated rings. The molecule has 0 aliphatic carbocycles. The van der Waals surface area contributed by atoms with Crippen molar-refractivity contribution in [2.24, 2.45) is 5.41 Å². The van der Waals surface area contributed by atoms with Crippen LogP contribution in [-0.4, -0.2) is 55.9 Å². The molecule has 2 unspecified atom stereocenters. The molecule has 20 heavy (non-hydrogen) atoms. The fourth-order valence-corrected chi connectivity index (χ4v) is 2.61. The molecule has 3 N–H and O–H groups in total. The van der Waals surface area contributed by atoms with Crippen molar-refractivity contribution in [2.75, 3.05) is 32.9 Å². The quantitative estimate of drug-likeness (QED) is 0.683. The summed E-state index contributed by atoms with van der Waals surface area (Å²) >= 11 is 0. The van der Waals surface area contributed by atoms with Crippen molar-refractivity contribution < 1.29 is 23.4 Å². The summed E-state index contributed by atoms with van der Waals surface area (Å²) in [5, 5.41) is 14.3. The van der Waals surface area contributed by atoms with Gasteiger partial charge in [-0.15, -0.1) is 12.4 Å². The second kappa shape index (κ2) is 6.98. The normalized spacial score (nSPS) is 31.9. The van der Waals surface area contributed by atoms with Crippen molar-refractivity contribution >= 4 is 18.3 Å². The molecule has 2 atom stereocenters. The number of halogens is 3. The highest BCUT2D eigenvalue weighted by atomic mass is 35.5. The van der Waals surface area contributed by atoms with Gasteiger partial charge in [-0.3, -0.25) is 10.1 Å². The van der Waals surface area contributed by atoms with Crippen molar-refractivity contribution in [2.45, 2.75) is 31.2 Å². The highest BCUT2D eigenvalue weighted by Gasteiger charge is 2.43. The molecule has 2 aliphatic heterocycles. The summed E-state index contributed by atoms with van der Waals surface area (Å²) < 4.78 is 31.3. The highest BCUT2D eigenvalue weighted by Crippen LogP contribution is 2.31. The SMILES string of the molecule is Cl.O=C(NCC1(CCO)CCOC1)C1CC(F)(F)CN1. The van der Waals surface area contributed by atoms with Crippen molar-refractivity contribution in [1.82, 2.24) is 10.6 Å². The molecule has 0 aromatic carbocycles. The minimum absolute atomic E-state index is 0. The van der Waals surface area contributed by atoms with Gasteiger partial charge in [0.2, 0.25) is 5.91 Å². The lowest BCUT2D eigenvalue weighted by molar-refractivity contribution is -0.124. The van der Waals surface area contributed by atoms with E-state index in [1.807, 2.05) is 0 Å². The van der Waals surface area contributed by atoms with Crippen LogP contribution in [0.5, 0.6) is 0 Å². The van der Waals surface area contributed by atoms with Crippen molar-refractivity contribution in [3.63, 3.8) is 0 Å². The lowest BCUT2D eigenvalue weighted by Gasteiger charge is -2.27. The van der Waals surface area contributed by atoms with E-state index >= 15 is 0 Å². The molecule has 118 valence electrons. The summed E-state index contributed by atoms with van der Waals surface area (Å²) in [6.07, 6.45) is 0.853. The van der Waals surface area contributed by atoms with Crippen LogP contribution < -0.4 is 10.6 Å². The average molecular weight is 315 g/mol. The number of ether oxygens (including phenoxy) is 1. The Labute approximate surface area is 122 Å². The van der Waals surface area contributed by atoms with Crippen LogP contribution in [0.25, 0.3) is 0 Å². The van der Waals surface area contributed by atoms with Gasteiger partial charge in [0.25, 0.3) is 5.92 Å². The summed E-state index contributed by atoms with van der Waals surface area (Å²) in [6.45, 7) is 1.03. The van der Waals surface area contributed by atoms with E-state index in [-0.39, 0.29) is 24.4 Å². The number of rotatable bonds is 5. The maximum Gasteiger partial charge on any atom is 0.262 e. The first-order valence-electron chi connectivity index (χ1n) is 6.54. The van der Waals surface area contributed by atoms with Crippen LogP contribution in [0.2, 0.25) is 0 Å². The lowest BCUT2D eigenvalue weighted by Crippen LogP contribution is -2.45. The van der Waals surface area contributed by atoms with Gasteiger partial charge >= 0.3 is 0 Å². The monoisotopic (exact) mass is 314 g/mol. The Balaban J connectivity index is 0.00000200. The zero-order valence-electron chi connectivity index (χ0n) is 11.2. The number of alkyl halides is 2. The number of nitrogens with one attached hydrogen (secondary N) is 2. The summed E-state index contributed by atoms with van der Waals surface area (Å²) in [4.78, 5) is 11.8. The Kier molecular flexibility index (Phi) is 6.12. The fraction of sp³-hybridized carbons (Fsp3) is 0.917. The van der Waals surface area contributed by atoms with Gasteiger partial charge in [-0.25, -0.2) is 8.78 Å². The molecule has 8 heteroatoms. The Morgan fingerprint density at radius 2 is 2.25 bits per heavy atom. The first kappa shape index (κ1) is 17.6. The molecular weight excluding hydrogens is 294 g/mol. The standard InChI is InChI=1S/C12H20F2N2O3.ClH/c13-12(14)5-9(15-7-12)10(18)16-6-11(1-3-17)2-4-19-8-11;/h9,15,17H,1-8H2,(H,16,18);1H. The van der Waals surface area contributed by atoms with Crippen molar-refractivity contribution in [3.05, 3.63) is 0 Å². The van der Waals surface area contributed by atoms with Gasteiger partial charge in [0.15, 0.2) is 0 Å². The van der Waals surface area contributed by atoms with Crippen molar-refractivity contribution in [3.8, 4) is 0 Å². The molecule has 5 nitrogen and oxygen atoms in total. The number of hydrogen-bond donors (Lipinski definition) is 3. The largest absolute Gasteiger partial charge is 0.396 e. The van der Waals surface area contributed by atoms with Crippen LogP contribution in [0.15, 0.2) is 0 Å². The van der Waals surface area contributed by atoms with E-state index in [0.717, 1.165) is 6.42 Å². The zero-order chi connectivity index (χ0) is 13.9. The van der Waals surface area contributed by atoms with E-state index in [2.05, 4.69) is 10.6 Å². The van der Waals surface area contributed by atoms with Crippen LogP contribution in [0.3, 0.4) is 0 Å². The topological polar surface area (TPSA) is 70.6 Å². The zero-order valence-corrected chi connectivity index (χ0v) is 12.0. The van der Waals surface area contributed by atoms with Gasteiger partial charge in [0.05, 0.1) is 19.2 Å². The Morgan fingerprint density at radius 3 is 2.75 bits per heavy atom. The Bertz CT molecular complexity index is 339. The van der Waals surface area contributed by atoms with E-state index in [4.69, 9.17) is 9.84 Å². The van der Waals surface area contributed by atoms with Gasteiger partial charge < -0.3 is 15.2 Å². The lowest BCUT2D eigenvalue weighted by atomic mass is 9.84. The molecule has 2 heterocycles. The van der Waals surface area contributed by atoms with Crippen LogP contribution >= 0.6 is 12.4 Å². The molecule has 1 amide bonds. The highest BCUT2D eigenvalue weighted by molar-refractivity contribution is 5.85. The number of carbonyl (C=O) groups excluding carboxylic acids is 1. The van der Waals surface area contributed by atoms with Crippen LogP contribution in [0, 0.1) is 5.41 Å². The number of aliphatic hydroxyl groups excluding tert-OH is 1. The molecule has 0 aromatic heterocycles. The third-order valence-electron chi connectivity index (χ3n) is 3.89. The smallest absolute Gasteiger partial charge is 0.262 e. The van der Waals surface area contributed by atoms with E-state index < -0.39 is 30.8 Å².